The Hall–Kier alpha value is -2.56. The lowest BCUT2D eigenvalue weighted by Gasteiger charge is -2.27. The summed E-state index contributed by atoms with van der Waals surface area (Å²) in [6.45, 7) is 0. The zero-order valence-corrected chi connectivity index (χ0v) is 17.6. The van der Waals surface area contributed by atoms with Crippen molar-refractivity contribution in [1.82, 2.24) is 0 Å². The fourth-order valence-electron chi connectivity index (χ4n) is 4.12. The van der Waals surface area contributed by atoms with Gasteiger partial charge in [-0.15, -0.1) is 0 Å². The van der Waals surface area contributed by atoms with Gasteiger partial charge in [-0.3, -0.25) is 9.79 Å². The number of hydrogen-bond acceptors (Lipinski definition) is 3. The molecule has 2 aliphatic carbocycles. The molecule has 1 unspecified atom stereocenters. The first kappa shape index (κ1) is 19.4. The first-order valence-corrected chi connectivity index (χ1v) is 12.0. The molecule has 2 aliphatic rings. The third-order valence-corrected chi connectivity index (χ3v) is 6.81. The number of phosphoric acid groups is 1. The van der Waals surface area contributed by atoms with Crippen LogP contribution in [0.15, 0.2) is 88.9 Å². The molecule has 30 heavy (non-hydrogen) atoms. The molecule has 2 N–H and O–H groups in total. The van der Waals surface area contributed by atoms with Crippen LogP contribution in [0, 0.1) is 5.92 Å². The van der Waals surface area contributed by atoms with E-state index in [0.717, 1.165) is 16.9 Å². The van der Waals surface area contributed by atoms with Crippen molar-refractivity contribution in [1.29, 1.82) is 0 Å². The quantitative estimate of drug-likeness (QED) is 0.286. The highest BCUT2D eigenvalue weighted by molar-refractivity contribution is 8.03. The highest BCUT2D eigenvalue weighted by atomic mass is 32.2. The number of phosphoric ester groups is 1. The van der Waals surface area contributed by atoms with E-state index in [1.54, 1.807) is 6.08 Å². The number of thioether (sulfide) groups is 1. The standard InChI is InChI=1S/C24H19O4PS/c25-29(26,27)28-22(30-20-7-2-1-3-8-20)15-19-12-11-18-10-9-16-5-4-6-17-13-14-21(19)24(18)23(16)17/h1-12,14-15,19H,13H2,(H2,25,26,27)/b22-15+. The minimum absolute atomic E-state index is 0.130. The van der Waals surface area contributed by atoms with E-state index in [9.17, 15) is 14.4 Å². The van der Waals surface area contributed by atoms with Crippen LogP contribution in [0.25, 0.3) is 22.4 Å². The molecule has 1 atom stereocenters. The largest absolute Gasteiger partial charge is 0.525 e. The zero-order valence-electron chi connectivity index (χ0n) is 15.9. The molecule has 3 aromatic carbocycles. The summed E-state index contributed by atoms with van der Waals surface area (Å²) >= 11 is 1.21. The van der Waals surface area contributed by atoms with E-state index in [1.165, 1.54) is 39.2 Å². The van der Waals surface area contributed by atoms with Gasteiger partial charge in [-0.05, 0) is 57.7 Å². The maximum Gasteiger partial charge on any atom is 0.525 e. The predicted molar refractivity (Wildman–Crippen MR) is 122 cm³/mol. The van der Waals surface area contributed by atoms with Crippen molar-refractivity contribution < 1.29 is 18.9 Å². The van der Waals surface area contributed by atoms with E-state index in [0.29, 0.717) is 0 Å². The van der Waals surface area contributed by atoms with Gasteiger partial charge in [0.15, 0.2) is 5.09 Å². The van der Waals surface area contributed by atoms with Crippen molar-refractivity contribution in [3.63, 3.8) is 0 Å². The van der Waals surface area contributed by atoms with Gasteiger partial charge in [0.05, 0.1) is 0 Å². The predicted octanol–water partition coefficient (Wildman–Crippen LogP) is 6.17. The smallest absolute Gasteiger partial charge is 0.397 e. The lowest BCUT2D eigenvalue weighted by molar-refractivity contribution is 0.253. The average molecular weight is 434 g/mol. The third kappa shape index (κ3) is 3.78. The van der Waals surface area contributed by atoms with Crippen LogP contribution in [0.2, 0.25) is 0 Å². The summed E-state index contributed by atoms with van der Waals surface area (Å²) in [7, 11) is -4.68. The van der Waals surface area contributed by atoms with Gasteiger partial charge in [-0.1, -0.05) is 78.5 Å². The first-order chi connectivity index (χ1) is 14.5. The Kier molecular flexibility index (Phi) is 4.92. The molecule has 0 aliphatic heterocycles. The highest BCUT2D eigenvalue weighted by Gasteiger charge is 2.26. The fraction of sp³-hybridized carbons (Fsp3) is 0.0833. The molecule has 0 heterocycles. The molecular weight excluding hydrogens is 415 g/mol. The molecule has 0 bridgehead atoms. The summed E-state index contributed by atoms with van der Waals surface area (Å²) in [5, 5.41) is 2.67. The minimum Gasteiger partial charge on any atom is -0.397 e. The van der Waals surface area contributed by atoms with Crippen molar-refractivity contribution in [2.24, 2.45) is 5.92 Å². The van der Waals surface area contributed by atoms with E-state index >= 15 is 0 Å². The van der Waals surface area contributed by atoms with Crippen LogP contribution in [-0.2, 0) is 15.5 Å². The second-order valence-corrected chi connectivity index (χ2v) is 9.52. The Bertz CT molecular complexity index is 1270. The average Bonchev–Trinajstić information content (AvgIpc) is 2.72. The summed E-state index contributed by atoms with van der Waals surface area (Å²) in [6, 6.07) is 20.1. The molecule has 0 saturated carbocycles. The van der Waals surface area contributed by atoms with Crippen molar-refractivity contribution >= 4 is 42.0 Å². The molecular formula is C24H19O4PS. The van der Waals surface area contributed by atoms with Crippen molar-refractivity contribution in [3.05, 3.63) is 101 Å². The Morgan fingerprint density at radius 1 is 1.07 bits per heavy atom. The van der Waals surface area contributed by atoms with Crippen LogP contribution in [0.4, 0.5) is 0 Å². The Morgan fingerprint density at radius 3 is 2.70 bits per heavy atom. The molecule has 6 heteroatoms. The SMILES string of the molecule is O=P(O)(O)O/C(=C\C1C=Cc2ccc3cccc4c3c2C1=CC4)Sc1ccccc1. The first-order valence-electron chi connectivity index (χ1n) is 9.61. The van der Waals surface area contributed by atoms with Crippen LogP contribution in [0.3, 0.4) is 0 Å². The van der Waals surface area contributed by atoms with Crippen LogP contribution >= 0.6 is 19.6 Å². The zero-order chi connectivity index (χ0) is 20.7. The van der Waals surface area contributed by atoms with E-state index in [2.05, 4.69) is 48.6 Å². The van der Waals surface area contributed by atoms with Crippen molar-refractivity contribution in [3.8, 4) is 0 Å². The van der Waals surface area contributed by atoms with Gasteiger partial charge < -0.3 is 4.52 Å². The monoisotopic (exact) mass is 434 g/mol. The second-order valence-electron chi connectivity index (χ2n) is 7.28. The van der Waals surface area contributed by atoms with Crippen molar-refractivity contribution in [2.75, 3.05) is 0 Å². The van der Waals surface area contributed by atoms with Gasteiger partial charge in [-0.2, -0.15) is 0 Å². The Balaban J connectivity index is 1.58. The van der Waals surface area contributed by atoms with Crippen LogP contribution < -0.4 is 0 Å². The van der Waals surface area contributed by atoms with Crippen LogP contribution in [-0.4, -0.2) is 9.79 Å². The third-order valence-electron chi connectivity index (χ3n) is 5.32. The normalized spacial score (nSPS) is 17.7. The van der Waals surface area contributed by atoms with Gasteiger partial charge in [-0.25, -0.2) is 4.57 Å². The molecule has 0 fully saturated rings. The highest BCUT2D eigenvalue weighted by Crippen LogP contribution is 2.47. The summed E-state index contributed by atoms with van der Waals surface area (Å²) in [5.74, 6) is -0.130. The molecule has 0 spiro atoms. The molecule has 3 aromatic rings. The van der Waals surface area contributed by atoms with E-state index in [1.807, 2.05) is 30.3 Å². The number of allylic oxidation sites excluding steroid dienone is 4. The summed E-state index contributed by atoms with van der Waals surface area (Å²) in [6.07, 6.45) is 8.99. The number of hydrogen-bond donors (Lipinski definition) is 2. The summed E-state index contributed by atoms with van der Waals surface area (Å²) < 4.78 is 16.7. The van der Waals surface area contributed by atoms with E-state index in [-0.39, 0.29) is 11.0 Å². The van der Waals surface area contributed by atoms with E-state index in [4.69, 9.17) is 4.52 Å². The van der Waals surface area contributed by atoms with Gasteiger partial charge >= 0.3 is 7.82 Å². The minimum atomic E-state index is -4.68. The Morgan fingerprint density at radius 2 is 1.90 bits per heavy atom. The number of rotatable bonds is 5. The molecule has 150 valence electrons. The maximum absolute atomic E-state index is 11.6. The van der Waals surface area contributed by atoms with Crippen LogP contribution in [0.5, 0.6) is 0 Å². The molecule has 0 radical (unpaired) electrons. The lowest BCUT2D eigenvalue weighted by atomic mass is 9.77. The molecule has 0 amide bonds. The molecule has 0 aromatic heterocycles. The summed E-state index contributed by atoms with van der Waals surface area (Å²) in [4.78, 5) is 19.7. The van der Waals surface area contributed by atoms with Gasteiger partial charge in [0.1, 0.15) is 0 Å². The molecule has 5 rings (SSSR count). The van der Waals surface area contributed by atoms with E-state index < -0.39 is 7.82 Å². The van der Waals surface area contributed by atoms with Gasteiger partial charge in [0.25, 0.3) is 0 Å². The lowest BCUT2D eigenvalue weighted by Crippen LogP contribution is -2.10. The second kappa shape index (κ2) is 7.60. The Labute approximate surface area is 178 Å². The fourth-order valence-corrected chi connectivity index (χ4v) is 5.60. The summed E-state index contributed by atoms with van der Waals surface area (Å²) in [5.41, 5.74) is 4.82. The van der Waals surface area contributed by atoms with Crippen molar-refractivity contribution in [2.45, 2.75) is 11.3 Å². The molecule has 4 nitrogen and oxygen atoms in total. The van der Waals surface area contributed by atoms with Crippen LogP contribution in [0.1, 0.15) is 16.7 Å². The maximum atomic E-state index is 11.6. The van der Waals surface area contributed by atoms with Gasteiger partial charge in [0.2, 0.25) is 0 Å². The topological polar surface area (TPSA) is 66.8 Å². The number of benzene rings is 3. The van der Waals surface area contributed by atoms with Gasteiger partial charge in [0, 0.05) is 10.8 Å². The molecule has 0 saturated heterocycles.